The molecule has 0 aliphatic rings. The molecule has 1 heterocycles. The Morgan fingerprint density at radius 2 is 2.24 bits per heavy atom. The lowest BCUT2D eigenvalue weighted by Crippen LogP contribution is -2.04. The second kappa shape index (κ2) is 7.18. The number of imidazole rings is 1. The fourth-order valence-corrected chi connectivity index (χ4v) is 3.25. The van der Waals surface area contributed by atoms with E-state index in [1.165, 1.54) is 11.8 Å². The number of carboxylic acids is 1. The molecule has 2 rings (SSSR count). The van der Waals surface area contributed by atoms with Crippen LogP contribution in [0.1, 0.15) is 26.7 Å². The summed E-state index contributed by atoms with van der Waals surface area (Å²) in [5, 5.41) is 10.2. The second-order valence-electron chi connectivity index (χ2n) is 5.37. The van der Waals surface area contributed by atoms with Gasteiger partial charge in [-0.15, -0.1) is 0 Å². The Morgan fingerprint density at radius 1 is 1.48 bits per heavy atom. The Morgan fingerprint density at radius 3 is 2.90 bits per heavy atom. The van der Waals surface area contributed by atoms with Crippen molar-refractivity contribution in [3.8, 4) is 0 Å². The van der Waals surface area contributed by atoms with Crippen LogP contribution in [0.5, 0.6) is 0 Å². The molecule has 1 aromatic heterocycles. The zero-order valence-electron chi connectivity index (χ0n) is 12.2. The third-order valence-electron chi connectivity index (χ3n) is 3.17. The summed E-state index contributed by atoms with van der Waals surface area (Å²) >= 11 is 7.54. The van der Waals surface area contributed by atoms with Gasteiger partial charge in [0.2, 0.25) is 0 Å². The topological polar surface area (TPSA) is 55.1 Å². The molecule has 0 aliphatic heterocycles. The predicted octanol–water partition coefficient (Wildman–Crippen LogP) is 4.30. The predicted molar refractivity (Wildman–Crippen MR) is 87.2 cm³/mol. The van der Waals surface area contributed by atoms with Crippen molar-refractivity contribution in [2.24, 2.45) is 5.92 Å². The monoisotopic (exact) mass is 326 g/mol. The van der Waals surface area contributed by atoms with Crippen LogP contribution in [0.3, 0.4) is 0 Å². The zero-order chi connectivity index (χ0) is 15.4. The lowest BCUT2D eigenvalue weighted by atomic mass is 10.1. The molecule has 21 heavy (non-hydrogen) atoms. The SMILES string of the molecule is CC(C)CCCn1c(SCC(=O)O)nc2cccc(Cl)c21. The van der Waals surface area contributed by atoms with E-state index in [2.05, 4.69) is 18.8 Å². The van der Waals surface area contributed by atoms with Crippen molar-refractivity contribution in [1.29, 1.82) is 0 Å². The van der Waals surface area contributed by atoms with Crippen molar-refractivity contribution in [2.45, 2.75) is 38.4 Å². The highest BCUT2D eigenvalue weighted by Crippen LogP contribution is 2.29. The number of benzene rings is 1. The molecule has 1 N–H and O–H groups in total. The second-order valence-corrected chi connectivity index (χ2v) is 6.72. The summed E-state index contributed by atoms with van der Waals surface area (Å²) in [6, 6.07) is 5.61. The lowest BCUT2D eigenvalue weighted by molar-refractivity contribution is -0.133. The minimum absolute atomic E-state index is 0.00508. The summed E-state index contributed by atoms with van der Waals surface area (Å²) in [4.78, 5) is 15.3. The molecule has 0 amide bonds. The number of thioether (sulfide) groups is 1. The van der Waals surface area contributed by atoms with Crippen LogP contribution in [0.25, 0.3) is 11.0 Å². The fraction of sp³-hybridized carbons (Fsp3) is 0.467. The maximum absolute atomic E-state index is 10.8. The van der Waals surface area contributed by atoms with Gasteiger partial charge >= 0.3 is 5.97 Å². The van der Waals surface area contributed by atoms with Gasteiger partial charge in [-0.3, -0.25) is 4.79 Å². The van der Waals surface area contributed by atoms with Gasteiger partial charge < -0.3 is 9.67 Å². The van der Waals surface area contributed by atoms with Gasteiger partial charge in [0.1, 0.15) is 0 Å². The van der Waals surface area contributed by atoms with E-state index in [4.69, 9.17) is 16.7 Å². The van der Waals surface area contributed by atoms with E-state index in [1.807, 2.05) is 22.8 Å². The number of hydrogen-bond donors (Lipinski definition) is 1. The van der Waals surface area contributed by atoms with Crippen LogP contribution < -0.4 is 0 Å². The van der Waals surface area contributed by atoms with Gasteiger partial charge in [0.15, 0.2) is 5.16 Å². The number of aryl methyl sites for hydroxylation is 1. The number of rotatable bonds is 7. The molecule has 0 bridgehead atoms. The summed E-state index contributed by atoms with van der Waals surface area (Å²) in [5.74, 6) is -0.192. The number of aromatic nitrogens is 2. The maximum Gasteiger partial charge on any atom is 0.313 e. The maximum atomic E-state index is 10.8. The van der Waals surface area contributed by atoms with E-state index in [9.17, 15) is 4.79 Å². The van der Waals surface area contributed by atoms with Crippen LogP contribution in [-0.4, -0.2) is 26.4 Å². The Kier molecular flexibility index (Phi) is 5.53. The van der Waals surface area contributed by atoms with Gasteiger partial charge in [-0.2, -0.15) is 0 Å². The minimum atomic E-state index is -0.841. The number of carbonyl (C=O) groups is 1. The molecule has 114 valence electrons. The van der Waals surface area contributed by atoms with E-state index in [0.717, 1.165) is 35.6 Å². The molecule has 0 saturated heterocycles. The Bertz CT molecular complexity index is 640. The third kappa shape index (κ3) is 4.14. The van der Waals surface area contributed by atoms with Crippen molar-refractivity contribution in [3.63, 3.8) is 0 Å². The average molecular weight is 327 g/mol. The third-order valence-corrected chi connectivity index (χ3v) is 4.44. The summed E-state index contributed by atoms with van der Waals surface area (Å²) < 4.78 is 2.05. The van der Waals surface area contributed by atoms with Crippen molar-refractivity contribution in [1.82, 2.24) is 9.55 Å². The van der Waals surface area contributed by atoms with E-state index < -0.39 is 5.97 Å². The number of carboxylic acid groups (broad SMARTS) is 1. The molecule has 0 atom stereocenters. The first-order valence-electron chi connectivity index (χ1n) is 6.98. The van der Waals surface area contributed by atoms with Gasteiger partial charge in [0.05, 0.1) is 21.8 Å². The van der Waals surface area contributed by atoms with E-state index in [0.29, 0.717) is 10.9 Å². The molecule has 0 spiro atoms. The van der Waals surface area contributed by atoms with Crippen molar-refractivity contribution < 1.29 is 9.90 Å². The summed E-state index contributed by atoms with van der Waals surface area (Å²) in [6.07, 6.45) is 2.14. The van der Waals surface area contributed by atoms with Crippen LogP contribution in [0.4, 0.5) is 0 Å². The van der Waals surface area contributed by atoms with E-state index >= 15 is 0 Å². The highest BCUT2D eigenvalue weighted by atomic mass is 35.5. The van der Waals surface area contributed by atoms with Gasteiger partial charge in [-0.1, -0.05) is 43.3 Å². The molecule has 6 heteroatoms. The number of hydrogen-bond acceptors (Lipinski definition) is 3. The van der Waals surface area contributed by atoms with Crippen molar-refractivity contribution >= 4 is 40.4 Å². The Balaban J connectivity index is 2.31. The Labute approximate surface area is 133 Å². The zero-order valence-corrected chi connectivity index (χ0v) is 13.7. The van der Waals surface area contributed by atoms with E-state index in [1.54, 1.807) is 0 Å². The molecule has 0 fully saturated rings. The highest BCUT2D eigenvalue weighted by Gasteiger charge is 2.14. The molecule has 0 radical (unpaired) electrons. The average Bonchev–Trinajstić information content (AvgIpc) is 2.75. The van der Waals surface area contributed by atoms with Gasteiger partial charge in [0.25, 0.3) is 0 Å². The smallest absolute Gasteiger partial charge is 0.313 e. The normalized spacial score (nSPS) is 11.4. The van der Waals surface area contributed by atoms with Gasteiger partial charge in [-0.05, 0) is 30.9 Å². The molecular weight excluding hydrogens is 308 g/mol. The van der Waals surface area contributed by atoms with Gasteiger partial charge in [0, 0.05) is 6.54 Å². The number of aliphatic carboxylic acids is 1. The summed E-state index contributed by atoms with van der Waals surface area (Å²) in [6.45, 7) is 5.19. The van der Waals surface area contributed by atoms with Crippen molar-refractivity contribution in [2.75, 3.05) is 5.75 Å². The Hall–Kier alpha value is -1.20. The van der Waals surface area contributed by atoms with Crippen LogP contribution in [0.2, 0.25) is 5.02 Å². The minimum Gasteiger partial charge on any atom is -0.481 e. The largest absolute Gasteiger partial charge is 0.481 e. The van der Waals surface area contributed by atoms with Crippen LogP contribution in [0.15, 0.2) is 23.4 Å². The first kappa shape index (κ1) is 16.2. The van der Waals surface area contributed by atoms with E-state index in [-0.39, 0.29) is 5.75 Å². The molecule has 4 nitrogen and oxygen atoms in total. The van der Waals surface area contributed by atoms with Crippen LogP contribution in [0, 0.1) is 5.92 Å². The fourth-order valence-electron chi connectivity index (χ4n) is 2.22. The first-order chi connectivity index (χ1) is 9.99. The molecule has 0 saturated carbocycles. The molecule has 0 aliphatic carbocycles. The van der Waals surface area contributed by atoms with Crippen LogP contribution >= 0.6 is 23.4 Å². The molecule has 1 aromatic carbocycles. The lowest BCUT2D eigenvalue weighted by Gasteiger charge is -2.10. The highest BCUT2D eigenvalue weighted by molar-refractivity contribution is 7.99. The summed E-state index contributed by atoms with van der Waals surface area (Å²) in [7, 11) is 0. The quantitative estimate of drug-likeness (QED) is 0.771. The number of fused-ring (bicyclic) bond motifs is 1. The van der Waals surface area contributed by atoms with Crippen LogP contribution in [-0.2, 0) is 11.3 Å². The molecule has 2 aromatic rings. The first-order valence-corrected chi connectivity index (χ1v) is 8.34. The molecular formula is C15H19ClN2O2S. The van der Waals surface area contributed by atoms with Crippen molar-refractivity contribution in [3.05, 3.63) is 23.2 Å². The number of nitrogens with zero attached hydrogens (tertiary/aromatic N) is 2. The number of para-hydroxylation sites is 1. The number of halogens is 1. The standard InChI is InChI=1S/C15H19ClN2O2S/c1-10(2)5-4-8-18-14-11(16)6-3-7-12(14)17-15(18)21-9-13(19)20/h3,6-7,10H,4-5,8-9H2,1-2H3,(H,19,20). The molecule has 0 unspecified atom stereocenters. The van der Waals surface area contributed by atoms with Gasteiger partial charge in [-0.25, -0.2) is 4.98 Å². The summed E-state index contributed by atoms with van der Waals surface area (Å²) in [5.41, 5.74) is 1.72.